The number of rotatable bonds is 5. The summed E-state index contributed by atoms with van der Waals surface area (Å²) < 4.78 is 0. The average Bonchev–Trinajstić information content (AvgIpc) is 2.14. The van der Waals surface area contributed by atoms with Gasteiger partial charge in [0.15, 0.2) is 0 Å². The molecule has 0 aliphatic heterocycles. The fraction of sp³-hybridized carbons (Fsp3) is 0.400. The molecule has 0 unspecified atom stereocenters. The molecule has 66 valence electrons. The van der Waals surface area contributed by atoms with Gasteiger partial charge in [-0.25, -0.2) is 0 Å². The van der Waals surface area contributed by atoms with Crippen molar-refractivity contribution in [2.75, 3.05) is 11.6 Å². The van der Waals surface area contributed by atoms with Crippen LogP contribution in [0.4, 0.5) is 0 Å². The minimum Gasteiger partial charge on any atom is -0.157 e. The third-order valence-corrected chi connectivity index (χ3v) is 2.92. The summed E-state index contributed by atoms with van der Waals surface area (Å²) in [6, 6.07) is 10.5. The number of hydrogen-bond donors (Lipinski definition) is 0. The Kier molecular flexibility index (Phi) is 5.29. The zero-order valence-corrected chi connectivity index (χ0v) is 8.57. The Morgan fingerprint density at radius 2 is 1.92 bits per heavy atom. The average molecular weight is 201 g/mol. The highest BCUT2D eigenvalue weighted by Crippen LogP contribution is 2.12. The van der Waals surface area contributed by atoms with Gasteiger partial charge in [0, 0.05) is 11.6 Å². The van der Waals surface area contributed by atoms with Crippen LogP contribution in [0.2, 0.25) is 0 Å². The van der Waals surface area contributed by atoms with Gasteiger partial charge in [-0.2, -0.15) is 11.8 Å². The Balaban J connectivity index is 2.16. The van der Waals surface area contributed by atoms with Crippen molar-refractivity contribution in [2.45, 2.75) is 12.2 Å². The van der Waals surface area contributed by atoms with Crippen LogP contribution in [-0.2, 0) is 5.75 Å². The largest absolute Gasteiger partial charge is 0.157 e. The molecule has 12 heavy (non-hydrogen) atoms. The molecule has 0 spiro atoms. The third kappa shape index (κ3) is 4.03. The lowest BCUT2D eigenvalue weighted by atomic mass is 10.2. The number of benzene rings is 1. The summed E-state index contributed by atoms with van der Waals surface area (Å²) in [5.41, 5.74) is 1.40. The van der Waals surface area contributed by atoms with E-state index in [1.165, 1.54) is 11.3 Å². The van der Waals surface area contributed by atoms with Crippen LogP contribution < -0.4 is 0 Å². The zero-order valence-electron chi connectivity index (χ0n) is 7.00. The SMILES string of the molecule is ClCCCSCc1ccccc1. The summed E-state index contributed by atoms with van der Waals surface area (Å²) in [4.78, 5) is 0. The molecule has 0 fully saturated rings. The third-order valence-electron chi connectivity index (χ3n) is 1.53. The maximum atomic E-state index is 5.57. The lowest BCUT2D eigenvalue weighted by molar-refractivity contribution is 1.11. The van der Waals surface area contributed by atoms with Gasteiger partial charge in [-0.3, -0.25) is 0 Å². The monoisotopic (exact) mass is 200 g/mol. The topological polar surface area (TPSA) is 0 Å². The maximum Gasteiger partial charge on any atom is 0.0231 e. The van der Waals surface area contributed by atoms with E-state index < -0.39 is 0 Å². The van der Waals surface area contributed by atoms with Crippen LogP contribution >= 0.6 is 23.4 Å². The number of alkyl halides is 1. The summed E-state index contributed by atoms with van der Waals surface area (Å²) in [5, 5.41) is 0. The van der Waals surface area contributed by atoms with E-state index in [-0.39, 0.29) is 0 Å². The molecular formula is C10H13ClS. The van der Waals surface area contributed by atoms with Crippen molar-refractivity contribution in [3.05, 3.63) is 35.9 Å². The van der Waals surface area contributed by atoms with Crippen molar-refractivity contribution < 1.29 is 0 Å². The van der Waals surface area contributed by atoms with Gasteiger partial charge in [-0.05, 0) is 17.7 Å². The van der Waals surface area contributed by atoms with Gasteiger partial charge in [-0.15, -0.1) is 11.6 Å². The Labute approximate surface area is 83.3 Å². The van der Waals surface area contributed by atoms with Gasteiger partial charge in [0.25, 0.3) is 0 Å². The van der Waals surface area contributed by atoms with Crippen molar-refractivity contribution in [3.63, 3.8) is 0 Å². The van der Waals surface area contributed by atoms with Crippen LogP contribution in [-0.4, -0.2) is 11.6 Å². The second-order valence-corrected chi connectivity index (χ2v) is 4.06. The fourth-order valence-corrected chi connectivity index (χ4v) is 2.13. The molecule has 0 aromatic heterocycles. The van der Waals surface area contributed by atoms with E-state index in [4.69, 9.17) is 11.6 Å². The number of halogens is 1. The molecule has 0 saturated heterocycles. The van der Waals surface area contributed by atoms with E-state index in [9.17, 15) is 0 Å². The summed E-state index contributed by atoms with van der Waals surface area (Å²) in [7, 11) is 0. The molecule has 0 amide bonds. The summed E-state index contributed by atoms with van der Waals surface area (Å²) in [6.07, 6.45) is 1.11. The molecule has 0 radical (unpaired) electrons. The van der Waals surface area contributed by atoms with Crippen LogP contribution in [0.1, 0.15) is 12.0 Å². The quantitative estimate of drug-likeness (QED) is 0.518. The molecule has 1 rings (SSSR count). The molecule has 0 bridgehead atoms. The van der Waals surface area contributed by atoms with Gasteiger partial charge in [0.2, 0.25) is 0 Å². The summed E-state index contributed by atoms with van der Waals surface area (Å²) in [5.74, 6) is 3.05. The van der Waals surface area contributed by atoms with Crippen LogP contribution in [0.5, 0.6) is 0 Å². The zero-order chi connectivity index (χ0) is 8.65. The summed E-state index contributed by atoms with van der Waals surface area (Å²) >= 11 is 7.52. The summed E-state index contributed by atoms with van der Waals surface area (Å²) in [6.45, 7) is 0. The first-order valence-corrected chi connectivity index (χ1v) is 5.80. The van der Waals surface area contributed by atoms with Crippen molar-refractivity contribution in [2.24, 2.45) is 0 Å². The van der Waals surface area contributed by atoms with Gasteiger partial charge in [0.1, 0.15) is 0 Å². The molecule has 0 heterocycles. The molecule has 0 saturated carbocycles. The van der Waals surface area contributed by atoms with Crippen LogP contribution in [0.25, 0.3) is 0 Å². The fourth-order valence-electron chi connectivity index (χ4n) is 0.921. The molecule has 2 heteroatoms. The normalized spacial score (nSPS) is 10.1. The van der Waals surface area contributed by atoms with Crippen molar-refractivity contribution in [3.8, 4) is 0 Å². The van der Waals surface area contributed by atoms with Gasteiger partial charge >= 0.3 is 0 Å². The first-order valence-electron chi connectivity index (χ1n) is 4.11. The number of hydrogen-bond acceptors (Lipinski definition) is 1. The lowest BCUT2D eigenvalue weighted by Crippen LogP contribution is -1.83. The van der Waals surface area contributed by atoms with Crippen molar-refractivity contribution in [1.29, 1.82) is 0 Å². The molecule has 0 aliphatic rings. The van der Waals surface area contributed by atoms with Crippen LogP contribution in [0.3, 0.4) is 0 Å². The highest BCUT2D eigenvalue weighted by Gasteiger charge is 1.91. The molecular weight excluding hydrogens is 188 g/mol. The van der Waals surface area contributed by atoms with Crippen LogP contribution in [0, 0.1) is 0 Å². The minimum absolute atomic E-state index is 0.780. The van der Waals surface area contributed by atoms with E-state index in [0.717, 1.165) is 18.1 Å². The molecule has 0 N–H and O–H groups in total. The van der Waals surface area contributed by atoms with E-state index in [0.29, 0.717) is 0 Å². The second-order valence-electron chi connectivity index (χ2n) is 2.58. The second kappa shape index (κ2) is 6.38. The molecule has 1 aromatic carbocycles. The molecule has 0 atom stereocenters. The minimum atomic E-state index is 0.780. The van der Waals surface area contributed by atoms with Crippen LogP contribution in [0.15, 0.2) is 30.3 Å². The van der Waals surface area contributed by atoms with Crippen molar-refractivity contribution >= 4 is 23.4 Å². The van der Waals surface area contributed by atoms with Gasteiger partial charge < -0.3 is 0 Å². The van der Waals surface area contributed by atoms with E-state index >= 15 is 0 Å². The Morgan fingerprint density at radius 1 is 1.17 bits per heavy atom. The number of thioether (sulfide) groups is 1. The smallest absolute Gasteiger partial charge is 0.0231 e. The first kappa shape index (κ1) is 9.94. The lowest BCUT2D eigenvalue weighted by Gasteiger charge is -1.99. The predicted octanol–water partition coefficient (Wildman–Crippen LogP) is 3.55. The van der Waals surface area contributed by atoms with Crippen molar-refractivity contribution in [1.82, 2.24) is 0 Å². The Morgan fingerprint density at radius 3 is 2.58 bits per heavy atom. The standard InChI is InChI=1S/C10H13ClS/c11-7-4-8-12-9-10-5-2-1-3-6-10/h1-3,5-6H,4,7-9H2. The van der Waals surface area contributed by atoms with Gasteiger partial charge in [0.05, 0.1) is 0 Å². The Bertz CT molecular complexity index is 198. The highest BCUT2D eigenvalue weighted by atomic mass is 35.5. The van der Waals surface area contributed by atoms with Gasteiger partial charge in [-0.1, -0.05) is 30.3 Å². The molecule has 0 aliphatic carbocycles. The van der Waals surface area contributed by atoms with E-state index in [2.05, 4.69) is 24.3 Å². The maximum absolute atomic E-state index is 5.57. The first-order chi connectivity index (χ1) is 5.93. The Hall–Kier alpha value is -0.140. The predicted molar refractivity (Wildman–Crippen MR) is 57.9 cm³/mol. The molecule has 1 aromatic rings. The van der Waals surface area contributed by atoms with E-state index in [1.54, 1.807) is 0 Å². The molecule has 0 nitrogen and oxygen atoms in total. The van der Waals surface area contributed by atoms with E-state index in [1.807, 2.05) is 17.8 Å². The highest BCUT2D eigenvalue weighted by molar-refractivity contribution is 7.98.